The van der Waals surface area contributed by atoms with Gasteiger partial charge in [-0.3, -0.25) is 9.59 Å². The number of furan rings is 1. The maximum Gasteiger partial charge on any atom is 0.287 e. The molecule has 1 heterocycles. The molecule has 0 unspecified atom stereocenters. The van der Waals surface area contributed by atoms with Crippen molar-refractivity contribution in [2.24, 2.45) is 0 Å². The van der Waals surface area contributed by atoms with Crippen molar-refractivity contribution < 1.29 is 14.0 Å². The van der Waals surface area contributed by atoms with Crippen molar-refractivity contribution in [3.63, 3.8) is 0 Å². The van der Waals surface area contributed by atoms with E-state index in [0.29, 0.717) is 0 Å². The Morgan fingerprint density at radius 1 is 1.00 bits per heavy atom. The zero-order valence-electron chi connectivity index (χ0n) is 14.3. The molecule has 0 saturated heterocycles. The molecule has 0 radical (unpaired) electrons. The fourth-order valence-electron chi connectivity index (χ4n) is 3.21. The van der Waals surface area contributed by atoms with Gasteiger partial charge < -0.3 is 15.1 Å². The Morgan fingerprint density at radius 2 is 1.81 bits per heavy atom. The molecule has 0 spiro atoms. The molecule has 130 valence electrons. The van der Waals surface area contributed by atoms with Crippen LogP contribution < -0.4 is 10.6 Å². The Hall–Kier alpha value is -3.34. The predicted octanol–water partition coefficient (Wildman–Crippen LogP) is 3.61. The summed E-state index contributed by atoms with van der Waals surface area (Å²) >= 11 is 0. The second-order valence-corrected chi connectivity index (χ2v) is 6.37. The van der Waals surface area contributed by atoms with Crippen LogP contribution in [0, 0.1) is 0 Å². The van der Waals surface area contributed by atoms with E-state index in [2.05, 4.69) is 22.8 Å². The van der Waals surface area contributed by atoms with Crippen LogP contribution >= 0.6 is 0 Å². The van der Waals surface area contributed by atoms with Crippen molar-refractivity contribution >= 4 is 17.5 Å². The number of fused-ring (bicyclic) bond motifs is 3. The van der Waals surface area contributed by atoms with E-state index in [-0.39, 0.29) is 11.7 Å². The minimum atomic E-state index is -0.682. The van der Waals surface area contributed by atoms with Crippen LogP contribution in [0.15, 0.2) is 65.3 Å². The highest BCUT2D eigenvalue weighted by Gasteiger charge is 2.20. The van der Waals surface area contributed by atoms with E-state index in [1.54, 1.807) is 19.1 Å². The van der Waals surface area contributed by atoms with Crippen LogP contribution in [0.5, 0.6) is 0 Å². The average Bonchev–Trinajstić information content (AvgIpc) is 3.29. The molecule has 1 aliphatic rings. The van der Waals surface area contributed by atoms with E-state index in [4.69, 9.17) is 4.42 Å². The van der Waals surface area contributed by atoms with Crippen LogP contribution in [0.4, 0.5) is 5.69 Å². The second-order valence-electron chi connectivity index (χ2n) is 6.37. The number of anilines is 1. The lowest BCUT2D eigenvalue weighted by molar-refractivity contribution is -0.117. The Kier molecular flexibility index (Phi) is 4.05. The molecule has 4 rings (SSSR count). The molecule has 0 aliphatic heterocycles. The number of hydrogen-bond acceptors (Lipinski definition) is 3. The van der Waals surface area contributed by atoms with Gasteiger partial charge in [0.05, 0.1) is 6.26 Å². The van der Waals surface area contributed by atoms with Crippen molar-refractivity contribution in [3.8, 4) is 11.1 Å². The number of nitrogens with one attached hydrogen (secondary N) is 2. The topological polar surface area (TPSA) is 71.3 Å². The Labute approximate surface area is 151 Å². The molecule has 1 aromatic heterocycles. The third-order valence-electron chi connectivity index (χ3n) is 4.55. The first-order valence-corrected chi connectivity index (χ1v) is 8.48. The Morgan fingerprint density at radius 3 is 2.62 bits per heavy atom. The molecule has 26 heavy (non-hydrogen) atoms. The van der Waals surface area contributed by atoms with Gasteiger partial charge in [0.25, 0.3) is 5.91 Å². The van der Waals surface area contributed by atoms with Crippen LogP contribution in [-0.2, 0) is 11.2 Å². The van der Waals surface area contributed by atoms with Gasteiger partial charge in [0, 0.05) is 5.69 Å². The fourth-order valence-corrected chi connectivity index (χ4v) is 3.21. The first-order chi connectivity index (χ1) is 12.6. The zero-order chi connectivity index (χ0) is 18.1. The third kappa shape index (κ3) is 2.99. The molecule has 0 bridgehead atoms. The Bertz CT molecular complexity index is 977. The highest BCUT2D eigenvalue weighted by Crippen LogP contribution is 2.37. The van der Waals surface area contributed by atoms with Crippen LogP contribution in [0.1, 0.15) is 28.6 Å². The summed E-state index contributed by atoms with van der Waals surface area (Å²) in [5.41, 5.74) is 5.67. The molecule has 5 heteroatoms. The van der Waals surface area contributed by atoms with Gasteiger partial charge in [0.2, 0.25) is 5.91 Å². The first-order valence-electron chi connectivity index (χ1n) is 8.48. The molecule has 2 amide bonds. The summed E-state index contributed by atoms with van der Waals surface area (Å²) < 4.78 is 5.03. The number of hydrogen-bond donors (Lipinski definition) is 2. The van der Waals surface area contributed by atoms with Gasteiger partial charge in [-0.1, -0.05) is 30.3 Å². The molecular weight excluding hydrogens is 328 g/mol. The monoisotopic (exact) mass is 346 g/mol. The number of carbonyl (C=O) groups excluding carboxylic acids is 2. The molecule has 0 saturated carbocycles. The molecule has 5 nitrogen and oxygen atoms in total. The predicted molar refractivity (Wildman–Crippen MR) is 98.9 cm³/mol. The van der Waals surface area contributed by atoms with Crippen LogP contribution in [0.3, 0.4) is 0 Å². The van der Waals surface area contributed by atoms with Crippen molar-refractivity contribution in [1.29, 1.82) is 0 Å². The second kappa shape index (κ2) is 6.52. The normalized spacial score (nSPS) is 12.8. The lowest BCUT2D eigenvalue weighted by Crippen LogP contribution is -2.41. The zero-order valence-corrected chi connectivity index (χ0v) is 14.3. The number of carbonyl (C=O) groups is 2. The minimum Gasteiger partial charge on any atom is -0.459 e. The fraction of sp³-hybridized carbons (Fsp3) is 0.143. The van der Waals surface area contributed by atoms with Crippen molar-refractivity contribution in [2.75, 3.05) is 5.32 Å². The van der Waals surface area contributed by atoms with E-state index >= 15 is 0 Å². The van der Waals surface area contributed by atoms with E-state index in [0.717, 1.165) is 12.1 Å². The van der Waals surface area contributed by atoms with Gasteiger partial charge in [0.1, 0.15) is 6.04 Å². The molecule has 1 atom stereocenters. The largest absolute Gasteiger partial charge is 0.459 e. The van der Waals surface area contributed by atoms with Gasteiger partial charge >= 0.3 is 0 Å². The molecule has 1 aliphatic carbocycles. The average molecular weight is 346 g/mol. The van der Waals surface area contributed by atoms with Crippen LogP contribution in [-0.4, -0.2) is 17.9 Å². The minimum absolute atomic E-state index is 0.181. The standard InChI is InChI=1S/C21H18N2O3/c1-13(22-21(25)19-7-4-10-26-19)20(24)23-16-8-9-18-15(12-16)11-14-5-2-3-6-17(14)18/h2-10,12-13H,11H2,1H3,(H,22,25)(H,23,24)/t13-/m0/s1. The summed E-state index contributed by atoms with van der Waals surface area (Å²) in [4.78, 5) is 24.3. The van der Waals surface area contributed by atoms with Gasteiger partial charge in [-0.25, -0.2) is 0 Å². The summed E-state index contributed by atoms with van der Waals surface area (Å²) in [6.07, 6.45) is 2.28. The summed E-state index contributed by atoms with van der Waals surface area (Å²) in [5.74, 6) is -0.512. The van der Waals surface area contributed by atoms with E-state index in [1.807, 2.05) is 30.3 Å². The maximum absolute atomic E-state index is 12.4. The molecule has 2 aromatic carbocycles. The van der Waals surface area contributed by atoms with Crippen LogP contribution in [0.25, 0.3) is 11.1 Å². The van der Waals surface area contributed by atoms with Gasteiger partial charge in [-0.15, -0.1) is 0 Å². The van der Waals surface area contributed by atoms with Gasteiger partial charge in [-0.2, -0.15) is 0 Å². The molecule has 3 aromatic rings. The molecular formula is C21H18N2O3. The van der Waals surface area contributed by atoms with Gasteiger partial charge in [-0.05, 0) is 59.9 Å². The quantitative estimate of drug-likeness (QED) is 0.593. The van der Waals surface area contributed by atoms with E-state index in [9.17, 15) is 9.59 Å². The van der Waals surface area contributed by atoms with Crippen molar-refractivity contribution in [1.82, 2.24) is 5.32 Å². The first kappa shape index (κ1) is 16.1. The molecule has 0 fully saturated rings. The van der Waals surface area contributed by atoms with Crippen molar-refractivity contribution in [2.45, 2.75) is 19.4 Å². The lowest BCUT2D eigenvalue weighted by Gasteiger charge is -2.14. The third-order valence-corrected chi connectivity index (χ3v) is 4.55. The highest BCUT2D eigenvalue weighted by molar-refractivity contribution is 6.00. The number of benzene rings is 2. The number of rotatable bonds is 4. The summed E-state index contributed by atoms with van der Waals surface area (Å²) in [6, 6.07) is 16.7. The van der Waals surface area contributed by atoms with Gasteiger partial charge in [0.15, 0.2) is 5.76 Å². The maximum atomic E-state index is 12.4. The number of amides is 2. The summed E-state index contributed by atoms with van der Waals surface area (Å²) in [6.45, 7) is 1.64. The lowest BCUT2D eigenvalue weighted by atomic mass is 10.1. The Balaban J connectivity index is 1.44. The van der Waals surface area contributed by atoms with E-state index in [1.165, 1.54) is 28.5 Å². The highest BCUT2D eigenvalue weighted by atomic mass is 16.3. The summed E-state index contributed by atoms with van der Waals surface area (Å²) in [5, 5.41) is 5.49. The van der Waals surface area contributed by atoms with Crippen molar-refractivity contribution in [3.05, 3.63) is 77.7 Å². The van der Waals surface area contributed by atoms with Crippen LogP contribution in [0.2, 0.25) is 0 Å². The molecule has 2 N–H and O–H groups in total. The SMILES string of the molecule is C[C@H](NC(=O)c1ccco1)C(=O)Nc1ccc2c(c1)Cc1ccccc1-2. The smallest absolute Gasteiger partial charge is 0.287 e. The summed E-state index contributed by atoms with van der Waals surface area (Å²) in [7, 11) is 0. The van der Waals surface area contributed by atoms with E-state index < -0.39 is 11.9 Å².